The van der Waals surface area contributed by atoms with Crippen LogP contribution in [0.25, 0.3) is 0 Å². The first-order chi connectivity index (χ1) is 7.68. The normalized spacial score (nSPS) is 19.9. The predicted octanol–water partition coefficient (Wildman–Crippen LogP) is 0.116. The minimum atomic E-state index is 0.348. The average molecular weight is 225 g/mol. The van der Waals surface area contributed by atoms with E-state index in [4.69, 9.17) is 4.74 Å². The fourth-order valence-electron chi connectivity index (χ4n) is 1.91. The number of aryl methyl sites for hydroxylation is 1. The van der Waals surface area contributed by atoms with Crippen LogP contribution >= 0.6 is 0 Å². The fourth-order valence-corrected chi connectivity index (χ4v) is 1.91. The van der Waals surface area contributed by atoms with Gasteiger partial charge in [-0.25, -0.2) is 0 Å². The van der Waals surface area contributed by atoms with Crippen molar-refractivity contribution in [3.63, 3.8) is 0 Å². The molecule has 1 aromatic heterocycles. The summed E-state index contributed by atoms with van der Waals surface area (Å²) in [6, 6.07) is 0. The van der Waals surface area contributed by atoms with Crippen LogP contribution in [-0.4, -0.2) is 40.0 Å². The molecule has 1 aliphatic rings. The number of nitrogens with one attached hydrogen (secondary N) is 1. The lowest BCUT2D eigenvalue weighted by Crippen LogP contribution is -2.36. The van der Waals surface area contributed by atoms with Gasteiger partial charge >= 0.3 is 0 Å². The monoisotopic (exact) mass is 225 g/mol. The van der Waals surface area contributed by atoms with Crippen LogP contribution in [-0.2, 0) is 18.3 Å². The Morgan fingerprint density at radius 1 is 1.44 bits per heavy atom. The lowest BCUT2D eigenvalue weighted by molar-refractivity contribution is 0.0239. The standard InChI is InChI=1S/C10H19N5O/c1-10(3-5-16-6-4-10)8-11-7-9-12-14-15(2)13-9/h11H,3-8H2,1-2H3. The fraction of sp³-hybridized carbons (Fsp3) is 0.900. The van der Waals surface area contributed by atoms with Gasteiger partial charge in [0.05, 0.1) is 13.6 Å². The first-order valence-electron chi connectivity index (χ1n) is 5.69. The molecule has 1 saturated heterocycles. The van der Waals surface area contributed by atoms with E-state index in [1.54, 1.807) is 7.05 Å². The van der Waals surface area contributed by atoms with Crippen LogP contribution in [0.3, 0.4) is 0 Å². The lowest BCUT2D eigenvalue weighted by atomic mass is 9.82. The molecule has 1 fully saturated rings. The van der Waals surface area contributed by atoms with Gasteiger partial charge in [0.25, 0.3) is 0 Å². The van der Waals surface area contributed by atoms with Gasteiger partial charge in [0, 0.05) is 19.8 Å². The van der Waals surface area contributed by atoms with Crippen LogP contribution in [0.1, 0.15) is 25.6 Å². The zero-order valence-electron chi connectivity index (χ0n) is 9.94. The number of aromatic nitrogens is 4. The maximum atomic E-state index is 5.37. The number of nitrogens with zero attached hydrogens (tertiary/aromatic N) is 4. The van der Waals surface area contributed by atoms with Gasteiger partial charge in [0.2, 0.25) is 0 Å². The summed E-state index contributed by atoms with van der Waals surface area (Å²) in [5.74, 6) is 0.748. The molecular weight excluding hydrogens is 206 g/mol. The minimum absolute atomic E-state index is 0.348. The van der Waals surface area contributed by atoms with Crippen molar-refractivity contribution < 1.29 is 4.74 Å². The Kier molecular flexibility index (Phi) is 3.50. The number of tetrazole rings is 1. The summed E-state index contributed by atoms with van der Waals surface area (Å²) in [5, 5.41) is 15.2. The van der Waals surface area contributed by atoms with Crippen molar-refractivity contribution in [2.45, 2.75) is 26.3 Å². The second kappa shape index (κ2) is 4.88. The highest BCUT2D eigenvalue weighted by molar-refractivity contribution is 4.82. The van der Waals surface area contributed by atoms with Crippen LogP contribution in [0.5, 0.6) is 0 Å². The Hall–Kier alpha value is -1.01. The minimum Gasteiger partial charge on any atom is -0.381 e. The third-order valence-corrected chi connectivity index (χ3v) is 3.08. The van der Waals surface area contributed by atoms with Gasteiger partial charge in [-0.05, 0) is 23.5 Å². The molecule has 16 heavy (non-hydrogen) atoms. The van der Waals surface area contributed by atoms with E-state index in [-0.39, 0.29) is 0 Å². The van der Waals surface area contributed by atoms with Crippen molar-refractivity contribution in [3.05, 3.63) is 5.82 Å². The van der Waals surface area contributed by atoms with Crippen molar-refractivity contribution in [1.82, 2.24) is 25.5 Å². The van der Waals surface area contributed by atoms with Crippen LogP contribution in [0.15, 0.2) is 0 Å². The van der Waals surface area contributed by atoms with E-state index in [9.17, 15) is 0 Å². The van der Waals surface area contributed by atoms with Gasteiger partial charge in [-0.1, -0.05) is 6.92 Å². The van der Waals surface area contributed by atoms with E-state index in [0.717, 1.165) is 38.4 Å². The molecule has 2 rings (SSSR count). The Balaban J connectivity index is 1.74. The largest absolute Gasteiger partial charge is 0.381 e. The molecule has 0 bridgehead atoms. The van der Waals surface area contributed by atoms with Crippen molar-refractivity contribution in [2.24, 2.45) is 12.5 Å². The molecule has 1 aromatic rings. The third-order valence-electron chi connectivity index (χ3n) is 3.08. The number of hydrogen-bond acceptors (Lipinski definition) is 5. The zero-order chi connectivity index (χ0) is 11.4. The molecular formula is C10H19N5O. The Labute approximate surface area is 95.4 Å². The van der Waals surface area contributed by atoms with Crippen LogP contribution in [0, 0.1) is 5.41 Å². The van der Waals surface area contributed by atoms with Crippen molar-refractivity contribution >= 4 is 0 Å². The summed E-state index contributed by atoms with van der Waals surface area (Å²) in [6.45, 7) is 5.72. The molecule has 90 valence electrons. The van der Waals surface area contributed by atoms with E-state index in [1.807, 2.05) is 0 Å². The quantitative estimate of drug-likeness (QED) is 0.788. The van der Waals surface area contributed by atoms with Crippen LogP contribution in [0.2, 0.25) is 0 Å². The van der Waals surface area contributed by atoms with Crippen molar-refractivity contribution in [2.75, 3.05) is 19.8 Å². The molecule has 0 spiro atoms. The van der Waals surface area contributed by atoms with Crippen molar-refractivity contribution in [3.8, 4) is 0 Å². The predicted molar refractivity (Wildman–Crippen MR) is 58.7 cm³/mol. The topological polar surface area (TPSA) is 64.9 Å². The van der Waals surface area contributed by atoms with Gasteiger partial charge < -0.3 is 10.1 Å². The molecule has 6 nitrogen and oxygen atoms in total. The summed E-state index contributed by atoms with van der Waals surface area (Å²) in [6.07, 6.45) is 2.24. The summed E-state index contributed by atoms with van der Waals surface area (Å²) in [4.78, 5) is 1.48. The molecule has 6 heteroatoms. The highest BCUT2D eigenvalue weighted by Crippen LogP contribution is 2.28. The highest BCUT2D eigenvalue weighted by atomic mass is 16.5. The molecule has 1 aliphatic heterocycles. The molecule has 0 atom stereocenters. The van der Waals surface area contributed by atoms with E-state index in [2.05, 4.69) is 27.7 Å². The van der Waals surface area contributed by atoms with Gasteiger partial charge in [-0.3, -0.25) is 0 Å². The molecule has 0 unspecified atom stereocenters. The Morgan fingerprint density at radius 3 is 2.81 bits per heavy atom. The summed E-state index contributed by atoms with van der Waals surface area (Å²) < 4.78 is 5.37. The first-order valence-corrected chi connectivity index (χ1v) is 5.69. The third kappa shape index (κ3) is 2.99. The van der Waals surface area contributed by atoms with E-state index < -0.39 is 0 Å². The first kappa shape index (κ1) is 11.5. The average Bonchev–Trinajstić information content (AvgIpc) is 2.65. The van der Waals surface area contributed by atoms with E-state index >= 15 is 0 Å². The molecule has 0 saturated carbocycles. The molecule has 0 aromatic carbocycles. The Morgan fingerprint density at radius 2 is 2.19 bits per heavy atom. The van der Waals surface area contributed by atoms with Crippen LogP contribution in [0.4, 0.5) is 0 Å². The lowest BCUT2D eigenvalue weighted by Gasteiger charge is -2.33. The second-order valence-electron chi connectivity index (χ2n) is 4.72. The molecule has 0 radical (unpaired) electrons. The van der Waals surface area contributed by atoms with Crippen LogP contribution < -0.4 is 5.32 Å². The summed E-state index contributed by atoms with van der Waals surface area (Å²) in [5.41, 5.74) is 0.348. The molecule has 0 amide bonds. The van der Waals surface area contributed by atoms with Gasteiger partial charge in [0.15, 0.2) is 5.82 Å². The van der Waals surface area contributed by atoms with Crippen molar-refractivity contribution in [1.29, 1.82) is 0 Å². The summed E-state index contributed by atoms with van der Waals surface area (Å²) in [7, 11) is 1.77. The van der Waals surface area contributed by atoms with Gasteiger partial charge in [-0.2, -0.15) is 4.80 Å². The maximum absolute atomic E-state index is 5.37. The maximum Gasteiger partial charge on any atom is 0.188 e. The van der Waals surface area contributed by atoms with E-state index in [1.165, 1.54) is 4.80 Å². The zero-order valence-corrected chi connectivity index (χ0v) is 9.94. The Bertz CT molecular complexity index is 332. The SMILES string of the molecule is Cn1nnc(CNCC2(C)CCOCC2)n1. The molecule has 1 N–H and O–H groups in total. The van der Waals surface area contributed by atoms with E-state index in [0.29, 0.717) is 12.0 Å². The number of hydrogen-bond donors (Lipinski definition) is 1. The summed E-state index contributed by atoms with van der Waals surface area (Å²) >= 11 is 0. The number of rotatable bonds is 4. The highest BCUT2D eigenvalue weighted by Gasteiger charge is 2.26. The smallest absolute Gasteiger partial charge is 0.188 e. The van der Waals surface area contributed by atoms with Gasteiger partial charge in [0.1, 0.15) is 0 Å². The van der Waals surface area contributed by atoms with Gasteiger partial charge in [-0.15, -0.1) is 10.2 Å². The second-order valence-corrected chi connectivity index (χ2v) is 4.72. The molecule has 0 aliphatic carbocycles. The number of ether oxygens (including phenoxy) is 1. The molecule has 2 heterocycles.